The summed E-state index contributed by atoms with van der Waals surface area (Å²) in [5, 5.41) is 14.7. The van der Waals surface area contributed by atoms with Gasteiger partial charge in [-0.1, -0.05) is 29.5 Å². The Bertz CT molecular complexity index is 863. The summed E-state index contributed by atoms with van der Waals surface area (Å²) in [6.45, 7) is 0.434. The van der Waals surface area contributed by atoms with Crippen molar-refractivity contribution in [2.75, 3.05) is 12.4 Å². The van der Waals surface area contributed by atoms with E-state index in [0.717, 1.165) is 11.3 Å². The first-order valence-corrected chi connectivity index (χ1v) is 8.89. The van der Waals surface area contributed by atoms with Crippen LogP contribution in [0.1, 0.15) is 18.4 Å². The molecule has 134 valence electrons. The minimum atomic E-state index is -0.250. The van der Waals surface area contributed by atoms with Crippen LogP contribution in [0.15, 0.2) is 48.2 Å². The first kappa shape index (κ1) is 17.7. The summed E-state index contributed by atoms with van der Waals surface area (Å²) in [5.74, 6) is -0.356. The number of hydrogen-bond acceptors (Lipinski definition) is 6. The fourth-order valence-corrected chi connectivity index (χ4v) is 2.81. The van der Waals surface area contributed by atoms with Crippen molar-refractivity contribution in [1.29, 1.82) is 0 Å². The van der Waals surface area contributed by atoms with Gasteiger partial charge in [0.2, 0.25) is 16.9 Å². The molecule has 0 saturated heterocycles. The predicted molar refractivity (Wildman–Crippen MR) is 97.8 cm³/mol. The number of anilines is 1. The number of carbonyl (C=O) groups excluding carboxylic acids is 2. The maximum atomic E-state index is 12.2. The quantitative estimate of drug-likeness (QED) is 0.687. The smallest absolute Gasteiger partial charge is 0.226 e. The van der Waals surface area contributed by atoms with Crippen molar-refractivity contribution in [2.24, 2.45) is 0 Å². The van der Waals surface area contributed by atoms with E-state index in [2.05, 4.69) is 20.6 Å². The maximum absolute atomic E-state index is 12.2. The fourth-order valence-electron chi connectivity index (χ4n) is 2.35. The van der Waals surface area contributed by atoms with Gasteiger partial charge in [0, 0.05) is 38.2 Å². The van der Waals surface area contributed by atoms with E-state index in [4.69, 9.17) is 0 Å². The first-order chi connectivity index (χ1) is 12.6. The summed E-state index contributed by atoms with van der Waals surface area (Å²) in [5.41, 5.74) is 3.41. The Hall–Kier alpha value is -3.07. The molecule has 1 N–H and O–H groups in total. The lowest BCUT2D eigenvalue weighted by Crippen LogP contribution is -2.27. The van der Waals surface area contributed by atoms with Crippen LogP contribution in [0.3, 0.4) is 0 Å². The highest BCUT2D eigenvalue weighted by atomic mass is 32.1. The molecule has 9 heteroatoms. The molecule has 3 rings (SSSR count). The number of para-hydroxylation sites is 1. The number of carbonyl (C=O) groups is 2. The van der Waals surface area contributed by atoms with E-state index >= 15 is 0 Å². The van der Waals surface area contributed by atoms with Gasteiger partial charge in [-0.25, -0.2) is 4.68 Å². The van der Waals surface area contributed by atoms with E-state index in [1.165, 1.54) is 16.8 Å². The standard InChI is InChI=1S/C17H18N6O2S/c1-22(16(25)8-7-15(24)20-17-21-18-12-26-17)10-13-9-19-23(11-13)14-5-3-2-4-6-14/h2-6,9,11-12H,7-8,10H2,1H3,(H,20,21,24). The zero-order chi connectivity index (χ0) is 18.4. The molecule has 0 aliphatic rings. The lowest BCUT2D eigenvalue weighted by Gasteiger charge is -2.15. The van der Waals surface area contributed by atoms with Crippen LogP contribution < -0.4 is 5.32 Å². The first-order valence-electron chi connectivity index (χ1n) is 8.01. The number of rotatable bonds is 7. The third-order valence-electron chi connectivity index (χ3n) is 3.67. The van der Waals surface area contributed by atoms with E-state index in [-0.39, 0.29) is 24.7 Å². The molecule has 0 saturated carbocycles. The summed E-state index contributed by atoms with van der Waals surface area (Å²) in [6, 6.07) is 9.75. The van der Waals surface area contributed by atoms with Gasteiger partial charge in [0.15, 0.2) is 0 Å². The summed E-state index contributed by atoms with van der Waals surface area (Å²) in [6.07, 6.45) is 3.86. The largest absolute Gasteiger partial charge is 0.341 e. The number of benzene rings is 1. The average molecular weight is 370 g/mol. The van der Waals surface area contributed by atoms with Crippen LogP contribution in [-0.2, 0) is 16.1 Å². The molecule has 2 heterocycles. The Morgan fingerprint density at radius 3 is 2.77 bits per heavy atom. The summed E-state index contributed by atoms with van der Waals surface area (Å²) in [7, 11) is 1.71. The van der Waals surface area contributed by atoms with Crippen LogP contribution in [0.4, 0.5) is 5.13 Å². The van der Waals surface area contributed by atoms with Crippen LogP contribution in [0, 0.1) is 0 Å². The third-order valence-corrected chi connectivity index (χ3v) is 4.28. The zero-order valence-corrected chi connectivity index (χ0v) is 15.0. The monoisotopic (exact) mass is 370 g/mol. The highest BCUT2D eigenvalue weighted by Crippen LogP contribution is 2.11. The number of amides is 2. The predicted octanol–water partition coefficient (Wildman–Crippen LogP) is 2.10. The topological polar surface area (TPSA) is 93.0 Å². The Morgan fingerprint density at radius 2 is 2.04 bits per heavy atom. The van der Waals surface area contributed by atoms with E-state index in [1.807, 2.05) is 36.5 Å². The molecule has 0 unspecified atom stereocenters. The zero-order valence-electron chi connectivity index (χ0n) is 14.2. The molecule has 0 aliphatic carbocycles. The average Bonchev–Trinajstić information content (AvgIpc) is 3.32. The van der Waals surface area contributed by atoms with Gasteiger partial charge in [-0.2, -0.15) is 5.10 Å². The highest BCUT2D eigenvalue weighted by Gasteiger charge is 2.13. The molecule has 2 aromatic heterocycles. The van der Waals surface area contributed by atoms with Crippen molar-refractivity contribution in [3.8, 4) is 5.69 Å². The molecule has 0 radical (unpaired) electrons. The van der Waals surface area contributed by atoms with Gasteiger partial charge in [-0.15, -0.1) is 10.2 Å². The van der Waals surface area contributed by atoms with Crippen molar-refractivity contribution in [2.45, 2.75) is 19.4 Å². The van der Waals surface area contributed by atoms with Crippen molar-refractivity contribution < 1.29 is 9.59 Å². The van der Waals surface area contributed by atoms with Gasteiger partial charge in [0.1, 0.15) is 5.51 Å². The van der Waals surface area contributed by atoms with Crippen LogP contribution in [0.5, 0.6) is 0 Å². The lowest BCUT2D eigenvalue weighted by molar-refractivity contribution is -0.132. The second-order valence-corrected chi connectivity index (χ2v) is 6.50. The minimum Gasteiger partial charge on any atom is -0.341 e. The van der Waals surface area contributed by atoms with E-state index < -0.39 is 0 Å². The Kier molecular flexibility index (Phi) is 5.69. The Morgan fingerprint density at radius 1 is 1.23 bits per heavy atom. The number of nitrogens with one attached hydrogen (secondary N) is 1. The lowest BCUT2D eigenvalue weighted by atomic mass is 10.2. The normalized spacial score (nSPS) is 10.5. The Labute approximate surface area is 154 Å². The summed E-state index contributed by atoms with van der Waals surface area (Å²) >= 11 is 1.24. The summed E-state index contributed by atoms with van der Waals surface area (Å²) < 4.78 is 1.77. The third kappa shape index (κ3) is 4.73. The molecule has 3 aromatic rings. The van der Waals surface area contributed by atoms with Gasteiger partial charge in [-0.3, -0.25) is 9.59 Å². The van der Waals surface area contributed by atoms with Gasteiger partial charge in [0.25, 0.3) is 0 Å². The van der Waals surface area contributed by atoms with E-state index in [1.54, 1.807) is 22.8 Å². The molecule has 0 spiro atoms. The van der Waals surface area contributed by atoms with Crippen LogP contribution in [0.2, 0.25) is 0 Å². The van der Waals surface area contributed by atoms with Crippen molar-refractivity contribution >= 4 is 28.3 Å². The van der Waals surface area contributed by atoms with Crippen molar-refractivity contribution in [1.82, 2.24) is 24.9 Å². The van der Waals surface area contributed by atoms with Crippen LogP contribution >= 0.6 is 11.3 Å². The molecular formula is C17H18N6O2S. The van der Waals surface area contributed by atoms with Crippen molar-refractivity contribution in [3.05, 3.63) is 53.8 Å². The van der Waals surface area contributed by atoms with Gasteiger partial charge in [0.05, 0.1) is 11.9 Å². The molecule has 2 amide bonds. The molecule has 0 bridgehead atoms. The van der Waals surface area contributed by atoms with Crippen LogP contribution in [0.25, 0.3) is 5.69 Å². The fraction of sp³-hybridized carbons (Fsp3) is 0.235. The molecular weight excluding hydrogens is 352 g/mol. The molecule has 0 aliphatic heterocycles. The second kappa shape index (κ2) is 8.34. The molecule has 26 heavy (non-hydrogen) atoms. The number of nitrogens with zero attached hydrogens (tertiary/aromatic N) is 5. The van der Waals surface area contributed by atoms with Crippen LogP contribution in [-0.4, -0.2) is 43.7 Å². The SMILES string of the molecule is CN(Cc1cnn(-c2ccccc2)c1)C(=O)CCC(=O)Nc1nncs1. The summed E-state index contributed by atoms with van der Waals surface area (Å²) in [4.78, 5) is 25.6. The van der Waals surface area contributed by atoms with Crippen molar-refractivity contribution in [3.63, 3.8) is 0 Å². The number of aromatic nitrogens is 4. The molecule has 0 fully saturated rings. The van der Waals surface area contributed by atoms with Gasteiger partial charge in [-0.05, 0) is 12.1 Å². The Balaban J connectivity index is 1.48. The second-order valence-electron chi connectivity index (χ2n) is 5.67. The van der Waals surface area contributed by atoms with Gasteiger partial charge < -0.3 is 10.2 Å². The van der Waals surface area contributed by atoms with E-state index in [0.29, 0.717) is 11.7 Å². The number of hydrogen-bond donors (Lipinski definition) is 1. The minimum absolute atomic E-state index is 0.103. The molecule has 8 nitrogen and oxygen atoms in total. The van der Waals surface area contributed by atoms with Gasteiger partial charge >= 0.3 is 0 Å². The highest BCUT2D eigenvalue weighted by molar-refractivity contribution is 7.13. The molecule has 1 aromatic carbocycles. The molecule has 0 atom stereocenters. The maximum Gasteiger partial charge on any atom is 0.226 e. The van der Waals surface area contributed by atoms with E-state index in [9.17, 15) is 9.59 Å².